The largest absolute Gasteiger partial charge is 0.486 e. The molecule has 0 amide bonds. The van der Waals surface area contributed by atoms with Gasteiger partial charge in [-0.2, -0.15) is 18.4 Å². The summed E-state index contributed by atoms with van der Waals surface area (Å²) in [7, 11) is 0. The zero-order valence-corrected chi connectivity index (χ0v) is 10.6. The Morgan fingerprint density at radius 3 is 2.56 bits per heavy atom. The third-order valence-corrected chi connectivity index (χ3v) is 2.85. The van der Waals surface area contributed by atoms with Gasteiger partial charge in [-0.15, -0.1) is 11.3 Å². The van der Waals surface area contributed by atoms with Gasteiger partial charge >= 0.3 is 6.18 Å². The van der Waals surface area contributed by atoms with Gasteiger partial charge in [0.25, 0.3) is 0 Å². The van der Waals surface area contributed by atoms with E-state index in [1.54, 1.807) is 13.8 Å². The first-order valence-electron chi connectivity index (χ1n) is 5.04. The van der Waals surface area contributed by atoms with Crippen LogP contribution >= 0.6 is 11.3 Å². The number of thiophene rings is 1. The zero-order chi connectivity index (χ0) is 13.9. The first kappa shape index (κ1) is 14.4. The van der Waals surface area contributed by atoms with Gasteiger partial charge in [0, 0.05) is 0 Å². The van der Waals surface area contributed by atoms with Crippen molar-refractivity contribution in [3.05, 3.63) is 4.88 Å². The molecule has 0 spiro atoms. The van der Waals surface area contributed by atoms with Crippen molar-refractivity contribution in [3.8, 4) is 11.8 Å². The van der Waals surface area contributed by atoms with Gasteiger partial charge in [-0.05, 0) is 13.8 Å². The fraction of sp³-hybridized carbons (Fsp3) is 0.500. The monoisotopic (exact) mass is 279 g/mol. The number of nitriles is 1. The van der Waals surface area contributed by atoms with E-state index in [4.69, 9.17) is 15.7 Å². The summed E-state index contributed by atoms with van der Waals surface area (Å²) >= 11 is 0.847. The number of nitrogen functional groups attached to an aromatic ring is 1. The van der Waals surface area contributed by atoms with Crippen molar-refractivity contribution in [2.45, 2.75) is 26.1 Å². The Balaban J connectivity index is 2.99. The molecule has 0 saturated carbocycles. The second kappa shape index (κ2) is 5.35. The van der Waals surface area contributed by atoms with E-state index in [1.165, 1.54) is 0 Å². The second-order valence-electron chi connectivity index (χ2n) is 3.75. The summed E-state index contributed by atoms with van der Waals surface area (Å²) in [4.78, 5) is 0.135. The van der Waals surface area contributed by atoms with Crippen LogP contribution in [-0.2, 0) is 0 Å². The van der Waals surface area contributed by atoms with Gasteiger partial charge < -0.3 is 15.8 Å². The molecule has 0 aliphatic rings. The van der Waals surface area contributed by atoms with Crippen molar-refractivity contribution in [2.75, 3.05) is 17.6 Å². The minimum absolute atomic E-state index is 0.0703. The molecule has 0 radical (unpaired) electrons. The van der Waals surface area contributed by atoms with Crippen molar-refractivity contribution in [1.82, 2.24) is 0 Å². The molecule has 18 heavy (non-hydrogen) atoms. The van der Waals surface area contributed by atoms with Crippen LogP contribution in [0.1, 0.15) is 18.7 Å². The van der Waals surface area contributed by atoms with Crippen LogP contribution < -0.4 is 15.8 Å². The maximum Gasteiger partial charge on any atom is 0.405 e. The van der Waals surface area contributed by atoms with Crippen molar-refractivity contribution < 1.29 is 17.9 Å². The normalized spacial score (nSPS) is 11.4. The van der Waals surface area contributed by atoms with Crippen LogP contribution in [0.5, 0.6) is 5.75 Å². The predicted molar refractivity (Wildman–Crippen MR) is 63.8 cm³/mol. The lowest BCUT2D eigenvalue weighted by atomic mass is 10.3. The number of anilines is 2. The molecule has 1 heterocycles. The highest BCUT2D eigenvalue weighted by molar-refractivity contribution is 7.17. The van der Waals surface area contributed by atoms with E-state index < -0.39 is 12.7 Å². The smallest absolute Gasteiger partial charge is 0.405 e. The summed E-state index contributed by atoms with van der Waals surface area (Å²) in [6, 6.07) is 1.82. The average molecular weight is 279 g/mol. The van der Waals surface area contributed by atoms with E-state index in [1.807, 2.05) is 6.07 Å². The van der Waals surface area contributed by atoms with E-state index in [2.05, 4.69) is 5.32 Å². The van der Waals surface area contributed by atoms with E-state index in [0.29, 0.717) is 0 Å². The highest BCUT2D eigenvalue weighted by Crippen LogP contribution is 2.43. The number of nitrogens with zero attached hydrogens (tertiary/aromatic N) is 1. The molecule has 1 rings (SSSR count). The molecule has 3 N–H and O–H groups in total. The second-order valence-corrected chi connectivity index (χ2v) is 4.77. The summed E-state index contributed by atoms with van der Waals surface area (Å²) in [5.41, 5.74) is 5.71. The van der Waals surface area contributed by atoms with Gasteiger partial charge in [0.15, 0.2) is 5.75 Å². The van der Waals surface area contributed by atoms with Gasteiger partial charge in [0.2, 0.25) is 0 Å². The SMILES string of the molecule is CC(C)Oc1c(NCC(F)(F)F)sc(C#N)c1N. The molecule has 8 heteroatoms. The minimum atomic E-state index is -4.35. The van der Waals surface area contributed by atoms with Crippen LogP contribution in [0.25, 0.3) is 0 Å². The predicted octanol–water partition coefficient (Wildman–Crippen LogP) is 2.96. The molecule has 1 aromatic rings. The molecule has 0 aliphatic carbocycles. The van der Waals surface area contributed by atoms with Crippen molar-refractivity contribution in [1.29, 1.82) is 5.26 Å². The third kappa shape index (κ3) is 3.70. The molecular weight excluding hydrogens is 267 g/mol. The van der Waals surface area contributed by atoms with Gasteiger partial charge in [-0.1, -0.05) is 0 Å². The third-order valence-electron chi connectivity index (χ3n) is 1.80. The number of halogens is 3. The van der Waals surface area contributed by atoms with Crippen LogP contribution in [0.15, 0.2) is 0 Å². The highest BCUT2D eigenvalue weighted by Gasteiger charge is 2.28. The first-order chi connectivity index (χ1) is 8.24. The molecule has 100 valence electrons. The lowest BCUT2D eigenvalue weighted by Gasteiger charge is -2.13. The Kier molecular flexibility index (Phi) is 4.29. The summed E-state index contributed by atoms with van der Waals surface area (Å²) < 4.78 is 41.7. The van der Waals surface area contributed by atoms with Gasteiger partial charge in [0.1, 0.15) is 28.2 Å². The average Bonchev–Trinajstić information content (AvgIpc) is 2.52. The maximum absolute atomic E-state index is 12.1. The van der Waals surface area contributed by atoms with Crippen LogP contribution in [0, 0.1) is 11.3 Å². The fourth-order valence-electron chi connectivity index (χ4n) is 1.16. The summed E-state index contributed by atoms with van der Waals surface area (Å²) in [6.45, 7) is 2.24. The summed E-state index contributed by atoms with van der Waals surface area (Å²) in [5, 5.41) is 11.1. The number of alkyl halides is 3. The van der Waals surface area contributed by atoms with Gasteiger partial charge in [-0.3, -0.25) is 0 Å². The van der Waals surface area contributed by atoms with Crippen molar-refractivity contribution in [3.63, 3.8) is 0 Å². The molecule has 0 fully saturated rings. The highest BCUT2D eigenvalue weighted by atomic mass is 32.1. The lowest BCUT2D eigenvalue weighted by molar-refractivity contribution is -0.115. The Hall–Kier alpha value is -1.62. The minimum Gasteiger partial charge on any atom is -0.486 e. The maximum atomic E-state index is 12.1. The number of ether oxygens (including phenoxy) is 1. The molecule has 4 nitrogen and oxygen atoms in total. The van der Waals surface area contributed by atoms with Crippen molar-refractivity contribution in [2.24, 2.45) is 0 Å². The molecule has 0 aliphatic heterocycles. The van der Waals surface area contributed by atoms with Crippen molar-refractivity contribution >= 4 is 22.0 Å². The number of hydrogen-bond donors (Lipinski definition) is 2. The topological polar surface area (TPSA) is 71.1 Å². The Morgan fingerprint density at radius 1 is 1.50 bits per heavy atom. The quantitative estimate of drug-likeness (QED) is 0.888. The fourth-order valence-corrected chi connectivity index (χ4v) is 2.01. The van der Waals surface area contributed by atoms with Gasteiger partial charge in [-0.25, -0.2) is 0 Å². The molecule has 0 unspecified atom stereocenters. The first-order valence-corrected chi connectivity index (χ1v) is 5.86. The number of rotatable bonds is 4. The molecule has 0 saturated heterocycles. The molecule has 0 atom stereocenters. The number of hydrogen-bond acceptors (Lipinski definition) is 5. The van der Waals surface area contributed by atoms with E-state index in [9.17, 15) is 13.2 Å². The number of nitrogens with two attached hydrogens (primary N) is 1. The van der Waals surface area contributed by atoms with E-state index >= 15 is 0 Å². The van der Waals surface area contributed by atoms with Crippen LogP contribution in [0.3, 0.4) is 0 Å². The summed E-state index contributed by atoms with van der Waals surface area (Å²) in [6.07, 6.45) is -4.60. The van der Waals surface area contributed by atoms with Crippen LogP contribution in [0.2, 0.25) is 0 Å². The summed E-state index contributed by atoms with van der Waals surface area (Å²) in [5.74, 6) is 0.107. The zero-order valence-electron chi connectivity index (χ0n) is 9.76. The standard InChI is InChI=1S/C10H12F3N3OS/c1-5(2)17-8-7(15)6(3-14)18-9(8)16-4-10(11,12)13/h5,16H,4,15H2,1-2H3. The van der Waals surface area contributed by atoms with E-state index in [-0.39, 0.29) is 27.4 Å². The lowest BCUT2D eigenvalue weighted by Crippen LogP contribution is -2.21. The van der Waals surface area contributed by atoms with Gasteiger partial charge in [0.05, 0.1) is 6.10 Å². The number of nitrogens with one attached hydrogen (secondary N) is 1. The Labute approximate surface area is 106 Å². The molecule has 0 bridgehead atoms. The van der Waals surface area contributed by atoms with Crippen LogP contribution in [-0.4, -0.2) is 18.8 Å². The molecule has 1 aromatic heterocycles. The Bertz CT molecular complexity index is 462. The van der Waals surface area contributed by atoms with E-state index in [0.717, 1.165) is 11.3 Å². The Morgan fingerprint density at radius 2 is 2.11 bits per heavy atom. The molecular formula is C10H12F3N3OS. The molecule has 0 aromatic carbocycles. The van der Waals surface area contributed by atoms with Crippen LogP contribution in [0.4, 0.5) is 23.9 Å².